The van der Waals surface area contributed by atoms with Crippen molar-refractivity contribution in [2.45, 2.75) is 58.7 Å². The van der Waals surface area contributed by atoms with Crippen molar-refractivity contribution >= 4 is 35.2 Å². The molecular formula is C48H60N6O3. The number of hydrogen-bond acceptors (Lipinski definition) is 6. The van der Waals surface area contributed by atoms with E-state index in [1.807, 2.05) is 72.4 Å². The van der Waals surface area contributed by atoms with Gasteiger partial charge >= 0.3 is 0 Å². The molecule has 2 fully saturated rings. The van der Waals surface area contributed by atoms with Gasteiger partial charge in [-0.05, 0) is 63.6 Å². The van der Waals surface area contributed by atoms with Crippen LogP contribution in [-0.4, -0.2) is 110 Å². The van der Waals surface area contributed by atoms with Crippen molar-refractivity contribution in [1.82, 2.24) is 19.6 Å². The number of amides is 3. The Morgan fingerprint density at radius 1 is 0.684 bits per heavy atom. The van der Waals surface area contributed by atoms with E-state index in [0.717, 1.165) is 55.1 Å². The van der Waals surface area contributed by atoms with E-state index in [2.05, 4.69) is 96.1 Å². The lowest BCUT2D eigenvalue weighted by Gasteiger charge is -2.39. The fourth-order valence-electron chi connectivity index (χ4n) is 7.65. The number of carbonyl (C=O) groups is 3. The maximum atomic E-state index is 14.8. The maximum absolute atomic E-state index is 14.8. The van der Waals surface area contributed by atoms with Gasteiger partial charge in [-0.1, -0.05) is 99.6 Å². The third kappa shape index (κ3) is 11.1. The van der Waals surface area contributed by atoms with Crippen molar-refractivity contribution in [2.75, 3.05) is 76.3 Å². The van der Waals surface area contributed by atoms with Gasteiger partial charge in [0, 0.05) is 110 Å². The predicted molar refractivity (Wildman–Crippen MR) is 232 cm³/mol. The second kappa shape index (κ2) is 18.7. The lowest BCUT2D eigenvalue weighted by Crippen LogP contribution is -2.56. The van der Waals surface area contributed by atoms with Crippen molar-refractivity contribution in [3.8, 4) is 0 Å². The molecule has 9 heteroatoms. The first kappa shape index (κ1) is 41.2. The van der Waals surface area contributed by atoms with Gasteiger partial charge in [-0.2, -0.15) is 0 Å². The van der Waals surface area contributed by atoms with E-state index >= 15 is 0 Å². The third-order valence-corrected chi connectivity index (χ3v) is 11.3. The Labute approximate surface area is 340 Å². The number of hydrogen-bond donors (Lipinski definition) is 0. The summed E-state index contributed by atoms with van der Waals surface area (Å²) in [4.78, 5) is 53.6. The van der Waals surface area contributed by atoms with E-state index in [0.29, 0.717) is 32.6 Å². The summed E-state index contributed by atoms with van der Waals surface area (Å²) in [5.41, 5.74) is 7.66. The molecule has 300 valence electrons. The number of anilines is 2. The van der Waals surface area contributed by atoms with Gasteiger partial charge in [0.05, 0.1) is 0 Å². The molecule has 3 amide bonds. The maximum Gasteiger partial charge on any atom is 0.247 e. The summed E-state index contributed by atoms with van der Waals surface area (Å²) in [5.74, 6) is -0.114. The molecule has 0 saturated carbocycles. The highest BCUT2D eigenvalue weighted by molar-refractivity contribution is 5.96. The van der Waals surface area contributed by atoms with E-state index in [1.54, 1.807) is 17.9 Å². The number of piperazine rings is 2. The van der Waals surface area contributed by atoms with Gasteiger partial charge in [0.25, 0.3) is 0 Å². The molecule has 1 atom stereocenters. The fraction of sp³-hybridized carbons (Fsp3) is 0.396. The Balaban J connectivity index is 1.24. The minimum absolute atomic E-state index is 0.0231. The lowest BCUT2D eigenvalue weighted by atomic mass is 9.87. The van der Waals surface area contributed by atoms with Crippen molar-refractivity contribution in [3.63, 3.8) is 0 Å². The molecule has 4 aromatic carbocycles. The highest BCUT2D eigenvalue weighted by Gasteiger charge is 2.34. The summed E-state index contributed by atoms with van der Waals surface area (Å²) in [6, 6.07) is 34.6. The van der Waals surface area contributed by atoms with Gasteiger partial charge < -0.3 is 24.5 Å². The van der Waals surface area contributed by atoms with Crippen LogP contribution in [0.4, 0.5) is 11.4 Å². The number of rotatable bonds is 12. The van der Waals surface area contributed by atoms with Gasteiger partial charge in [-0.3, -0.25) is 19.3 Å². The van der Waals surface area contributed by atoms with Gasteiger partial charge in [0.2, 0.25) is 17.7 Å². The van der Waals surface area contributed by atoms with Gasteiger partial charge in [0.15, 0.2) is 0 Å². The van der Waals surface area contributed by atoms with Crippen LogP contribution in [0.1, 0.15) is 55.5 Å². The molecular weight excluding hydrogens is 709 g/mol. The van der Waals surface area contributed by atoms with Crippen LogP contribution < -0.4 is 9.80 Å². The Bertz CT molecular complexity index is 1950. The molecule has 4 aromatic rings. The zero-order valence-corrected chi connectivity index (χ0v) is 34.7. The topological polar surface area (TPSA) is 70.6 Å². The van der Waals surface area contributed by atoms with Crippen molar-refractivity contribution in [1.29, 1.82) is 0 Å². The summed E-state index contributed by atoms with van der Waals surface area (Å²) in [6.07, 6.45) is 3.90. The smallest absolute Gasteiger partial charge is 0.247 e. The Kier molecular flexibility index (Phi) is 13.5. The Morgan fingerprint density at radius 2 is 1.28 bits per heavy atom. The zero-order chi connectivity index (χ0) is 40.5. The van der Waals surface area contributed by atoms with Crippen LogP contribution in [0.3, 0.4) is 0 Å². The minimum Gasteiger partial charge on any atom is -0.378 e. The SMILES string of the molecule is CC(=O)N1CCN(c2ccc(CN(C(=O)C=Cc3ccc(C(C)(C)C)cc3)[C@@H](Cc3ccccc3)C(=O)N3CCN(Cc4ccc(N(C)C)cc4)CC3)cc2)CC1. The first-order chi connectivity index (χ1) is 27.3. The predicted octanol–water partition coefficient (Wildman–Crippen LogP) is 6.72. The van der Waals surface area contributed by atoms with Gasteiger partial charge in [-0.25, -0.2) is 0 Å². The highest BCUT2D eigenvalue weighted by atomic mass is 16.2. The van der Waals surface area contributed by atoms with E-state index in [-0.39, 0.29) is 29.7 Å². The normalized spacial score (nSPS) is 15.8. The number of carbonyl (C=O) groups excluding carboxylic acids is 3. The first-order valence-corrected chi connectivity index (χ1v) is 20.3. The summed E-state index contributed by atoms with van der Waals surface area (Å²) in [5, 5.41) is 0. The molecule has 2 heterocycles. The minimum atomic E-state index is -0.697. The fourth-order valence-corrected chi connectivity index (χ4v) is 7.65. The van der Waals surface area contributed by atoms with E-state index in [4.69, 9.17) is 0 Å². The second-order valence-electron chi connectivity index (χ2n) is 16.7. The lowest BCUT2D eigenvalue weighted by molar-refractivity contribution is -0.145. The molecule has 0 aliphatic carbocycles. The quantitative estimate of drug-likeness (QED) is 0.149. The molecule has 0 bridgehead atoms. The first-order valence-electron chi connectivity index (χ1n) is 20.3. The highest BCUT2D eigenvalue weighted by Crippen LogP contribution is 2.25. The number of nitrogens with zero attached hydrogens (tertiary/aromatic N) is 6. The van der Waals surface area contributed by atoms with Crippen LogP contribution in [-0.2, 0) is 39.3 Å². The van der Waals surface area contributed by atoms with Crippen molar-refractivity contribution in [3.05, 3.63) is 137 Å². The molecule has 0 unspecified atom stereocenters. The molecule has 2 aliphatic rings. The largest absolute Gasteiger partial charge is 0.378 e. The zero-order valence-electron chi connectivity index (χ0n) is 34.7. The van der Waals surface area contributed by atoms with Crippen LogP contribution in [0.15, 0.2) is 109 Å². The van der Waals surface area contributed by atoms with Crippen molar-refractivity contribution < 1.29 is 14.4 Å². The molecule has 57 heavy (non-hydrogen) atoms. The molecule has 0 N–H and O–H groups in total. The molecule has 0 spiro atoms. The summed E-state index contributed by atoms with van der Waals surface area (Å²) >= 11 is 0. The van der Waals surface area contributed by atoms with Crippen molar-refractivity contribution in [2.24, 2.45) is 0 Å². The van der Waals surface area contributed by atoms with Gasteiger partial charge in [0.1, 0.15) is 6.04 Å². The average molecular weight is 769 g/mol. The molecule has 6 rings (SSSR count). The van der Waals surface area contributed by atoms with E-state index in [1.165, 1.54) is 16.8 Å². The Hall–Kier alpha value is -5.41. The molecule has 0 aromatic heterocycles. The van der Waals surface area contributed by atoms with Crippen LogP contribution in [0.2, 0.25) is 0 Å². The summed E-state index contributed by atoms with van der Waals surface area (Å²) < 4.78 is 0. The van der Waals surface area contributed by atoms with Crippen LogP contribution in [0, 0.1) is 0 Å². The molecule has 0 radical (unpaired) electrons. The molecule has 9 nitrogen and oxygen atoms in total. The van der Waals surface area contributed by atoms with Crippen LogP contribution in [0.25, 0.3) is 6.08 Å². The summed E-state index contributed by atoms with van der Waals surface area (Å²) in [7, 11) is 4.09. The van der Waals surface area contributed by atoms with E-state index in [9.17, 15) is 14.4 Å². The monoisotopic (exact) mass is 768 g/mol. The van der Waals surface area contributed by atoms with Crippen LogP contribution >= 0.6 is 0 Å². The average Bonchev–Trinajstić information content (AvgIpc) is 3.22. The summed E-state index contributed by atoms with van der Waals surface area (Å²) in [6.45, 7) is 15.0. The van der Waals surface area contributed by atoms with Crippen LogP contribution in [0.5, 0.6) is 0 Å². The number of benzene rings is 4. The standard InChI is InChI=1S/C48H60N6O3/c1-37(55)51-30-32-52(33-31-51)44-23-16-41(17-24-44)36-54(46(56)25-18-38-12-19-42(20-13-38)48(2,3)4)45(34-39-10-8-7-9-11-39)47(57)53-28-26-50(27-29-53)35-40-14-21-43(22-15-40)49(5)6/h7-25,45H,26-36H2,1-6H3/t45-/m0/s1. The van der Waals surface area contributed by atoms with Gasteiger partial charge in [-0.15, -0.1) is 0 Å². The molecule has 2 saturated heterocycles. The van der Waals surface area contributed by atoms with E-state index < -0.39 is 6.04 Å². The third-order valence-electron chi connectivity index (χ3n) is 11.3. The Morgan fingerprint density at radius 3 is 1.86 bits per heavy atom. The molecule has 2 aliphatic heterocycles. The second-order valence-corrected chi connectivity index (χ2v) is 16.7.